The van der Waals surface area contributed by atoms with E-state index in [0.717, 1.165) is 18.7 Å². The molecule has 3 N–H and O–H groups in total. The van der Waals surface area contributed by atoms with E-state index in [1.54, 1.807) is 18.2 Å². The fourth-order valence-corrected chi connectivity index (χ4v) is 2.93. The summed E-state index contributed by atoms with van der Waals surface area (Å²) in [4.78, 5) is 12.0. The molecule has 1 aromatic carbocycles. The Kier molecular flexibility index (Phi) is 4.46. The van der Waals surface area contributed by atoms with Crippen LogP contribution in [0.3, 0.4) is 0 Å². The monoisotopic (exact) mass is 357 g/mol. The third kappa shape index (κ3) is 3.31. The lowest BCUT2D eigenvalue weighted by Crippen LogP contribution is -2.17. The molecule has 1 heterocycles. The van der Waals surface area contributed by atoms with Crippen LogP contribution in [0.25, 0.3) is 0 Å². The molecule has 9 heteroatoms. The number of anilines is 1. The van der Waals surface area contributed by atoms with E-state index in [2.05, 4.69) is 15.5 Å². The number of carbonyl (C=O) groups is 1. The minimum Gasteiger partial charge on any atom is -0.336 e. The quantitative estimate of drug-likeness (QED) is 0.634. The number of nitrogens with one attached hydrogen (secondary N) is 1. The molecule has 22 heavy (non-hydrogen) atoms. The van der Waals surface area contributed by atoms with Crippen LogP contribution in [0.2, 0.25) is 10.0 Å². The molecular weight excluding hydrogens is 345 g/mol. The lowest BCUT2D eigenvalue weighted by Gasteiger charge is -2.08. The summed E-state index contributed by atoms with van der Waals surface area (Å²) in [5.41, 5.74) is 0.479. The highest BCUT2D eigenvalue weighted by Gasteiger charge is 2.30. The summed E-state index contributed by atoms with van der Waals surface area (Å²) in [6, 6.07) is 5.06. The Morgan fingerprint density at radius 3 is 2.91 bits per heavy atom. The number of hydrogen-bond donors (Lipinski definition) is 2. The van der Waals surface area contributed by atoms with Crippen molar-refractivity contribution < 1.29 is 4.79 Å². The Balaban J connectivity index is 1.59. The van der Waals surface area contributed by atoms with E-state index in [1.165, 1.54) is 16.4 Å². The fraction of sp³-hybridized carbons (Fsp3) is 0.308. The highest BCUT2D eigenvalue weighted by Crippen LogP contribution is 2.39. The molecule has 0 saturated heterocycles. The number of nitrogens with two attached hydrogens (primary N) is 1. The first-order valence-electron chi connectivity index (χ1n) is 6.63. The summed E-state index contributed by atoms with van der Waals surface area (Å²) < 4.78 is 1.46. The summed E-state index contributed by atoms with van der Waals surface area (Å²) in [5, 5.41) is 12.0. The second kappa shape index (κ2) is 6.36. The van der Waals surface area contributed by atoms with Gasteiger partial charge in [0.2, 0.25) is 11.1 Å². The summed E-state index contributed by atoms with van der Waals surface area (Å²) in [6.45, 7) is 0. The van der Waals surface area contributed by atoms with E-state index in [1.807, 2.05) is 0 Å². The topological polar surface area (TPSA) is 85.8 Å². The van der Waals surface area contributed by atoms with Crippen molar-refractivity contribution in [2.24, 2.45) is 0 Å². The van der Waals surface area contributed by atoms with Crippen molar-refractivity contribution in [2.45, 2.75) is 23.9 Å². The van der Waals surface area contributed by atoms with Gasteiger partial charge in [0.1, 0.15) is 0 Å². The van der Waals surface area contributed by atoms with E-state index in [-0.39, 0.29) is 11.7 Å². The molecule has 1 fully saturated rings. The number of benzene rings is 1. The molecule has 116 valence electrons. The van der Waals surface area contributed by atoms with Crippen molar-refractivity contribution in [3.63, 3.8) is 0 Å². The first-order chi connectivity index (χ1) is 10.6. The molecule has 0 unspecified atom stereocenters. The predicted molar refractivity (Wildman–Crippen MR) is 88.0 cm³/mol. The van der Waals surface area contributed by atoms with E-state index in [0.29, 0.717) is 26.8 Å². The van der Waals surface area contributed by atoms with Gasteiger partial charge in [0, 0.05) is 5.92 Å². The molecule has 1 aliphatic rings. The van der Waals surface area contributed by atoms with Gasteiger partial charge >= 0.3 is 0 Å². The van der Waals surface area contributed by atoms with Crippen LogP contribution in [0.4, 0.5) is 5.69 Å². The van der Waals surface area contributed by atoms with Crippen molar-refractivity contribution >= 4 is 46.6 Å². The summed E-state index contributed by atoms with van der Waals surface area (Å²) in [6.07, 6.45) is 2.18. The highest BCUT2D eigenvalue weighted by molar-refractivity contribution is 7.99. The van der Waals surface area contributed by atoms with Gasteiger partial charge in [-0.2, -0.15) is 0 Å². The average Bonchev–Trinajstić information content (AvgIpc) is 3.26. The second-order valence-electron chi connectivity index (χ2n) is 4.92. The van der Waals surface area contributed by atoms with Crippen LogP contribution >= 0.6 is 35.0 Å². The van der Waals surface area contributed by atoms with E-state index < -0.39 is 0 Å². The van der Waals surface area contributed by atoms with Crippen LogP contribution in [0.15, 0.2) is 23.4 Å². The Labute approximate surface area is 141 Å². The number of thioether (sulfide) groups is 1. The smallest absolute Gasteiger partial charge is 0.234 e. The minimum atomic E-state index is -0.217. The molecular formula is C13H13Cl2N5OS. The maximum atomic E-state index is 12.0. The zero-order valence-electron chi connectivity index (χ0n) is 11.4. The lowest BCUT2D eigenvalue weighted by molar-refractivity contribution is -0.113. The van der Waals surface area contributed by atoms with Crippen LogP contribution in [-0.4, -0.2) is 26.5 Å². The number of halogens is 2. The molecule has 1 amide bonds. The largest absolute Gasteiger partial charge is 0.336 e. The van der Waals surface area contributed by atoms with E-state index in [9.17, 15) is 4.79 Å². The minimum absolute atomic E-state index is 0.156. The van der Waals surface area contributed by atoms with Crippen molar-refractivity contribution in [1.82, 2.24) is 14.9 Å². The van der Waals surface area contributed by atoms with Crippen LogP contribution in [0.5, 0.6) is 0 Å². The van der Waals surface area contributed by atoms with Crippen LogP contribution in [0.1, 0.15) is 24.6 Å². The molecule has 1 aromatic heterocycles. The summed E-state index contributed by atoms with van der Waals surface area (Å²) >= 11 is 13.2. The van der Waals surface area contributed by atoms with Crippen LogP contribution in [0, 0.1) is 0 Å². The number of nitrogens with zero attached hydrogens (tertiary/aromatic N) is 3. The zero-order chi connectivity index (χ0) is 15.7. The Hall–Kier alpha value is -1.44. The van der Waals surface area contributed by atoms with Gasteiger partial charge in [-0.15, -0.1) is 10.2 Å². The van der Waals surface area contributed by atoms with Gasteiger partial charge in [-0.05, 0) is 25.0 Å². The summed E-state index contributed by atoms with van der Waals surface area (Å²) in [5.74, 6) is 7.05. The predicted octanol–water partition coefficient (Wildman–Crippen LogP) is 2.91. The fourth-order valence-electron chi connectivity index (χ4n) is 1.92. The Bertz CT molecular complexity index is 716. The highest BCUT2D eigenvalue weighted by atomic mass is 35.5. The number of hydrogen-bond acceptors (Lipinski definition) is 5. The standard InChI is InChI=1S/C13H13Cl2N5OS/c14-8-2-1-3-9(11(8)15)17-10(21)6-22-13-19-18-12(20(13)16)7-4-5-7/h1-3,7H,4-6,16H2,(H,17,21). The molecule has 0 atom stereocenters. The van der Waals surface area contributed by atoms with Crippen molar-refractivity contribution in [3.05, 3.63) is 34.1 Å². The van der Waals surface area contributed by atoms with Crippen LogP contribution in [-0.2, 0) is 4.79 Å². The van der Waals surface area contributed by atoms with Gasteiger partial charge in [-0.3, -0.25) is 4.79 Å². The number of nitrogen functional groups attached to an aromatic ring is 1. The third-order valence-electron chi connectivity index (χ3n) is 3.19. The zero-order valence-corrected chi connectivity index (χ0v) is 13.8. The Morgan fingerprint density at radius 2 is 2.18 bits per heavy atom. The maximum absolute atomic E-state index is 12.0. The first kappa shape index (κ1) is 15.5. The van der Waals surface area contributed by atoms with Gasteiger partial charge < -0.3 is 11.2 Å². The number of aromatic nitrogens is 3. The van der Waals surface area contributed by atoms with Crippen molar-refractivity contribution in [3.8, 4) is 0 Å². The van der Waals surface area contributed by atoms with Gasteiger partial charge in [0.15, 0.2) is 5.82 Å². The molecule has 2 aromatic rings. The maximum Gasteiger partial charge on any atom is 0.234 e. The molecule has 3 rings (SSSR count). The van der Waals surface area contributed by atoms with Gasteiger partial charge in [0.05, 0.1) is 21.5 Å². The van der Waals surface area contributed by atoms with Gasteiger partial charge in [-0.1, -0.05) is 41.0 Å². The molecule has 0 radical (unpaired) electrons. The van der Waals surface area contributed by atoms with Crippen molar-refractivity contribution in [2.75, 3.05) is 16.9 Å². The van der Waals surface area contributed by atoms with Gasteiger partial charge in [-0.25, -0.2) is 4.68 Å². The van der Waals surface area contributed by atoms with Crippen molar-refractivity contribution in [1.29, 1.82) is 0 Å². The number of amides is 1. The second-order valence-corrected chi connectivity index (χ2v) is 6.65. The average molecular weight is 358 g/mol. The normalized spacial score (nSPS) is 14.1. The molecule has 1 saturated carbocycles. The van der Waals surface area contributed by atoms with E-state index in [4.69, 9.17) is 29.0 Å². The van der Waals surface area contributed by atoms with Gasteiger partial charge in [0.25, 0.3) is 0 Å². The molecule has 0 aliphatic heterocycles. The van der Waals surface area contributed by atoms with E-state index >= 15 is 0 Å². The SMILES string of the molecule is Nn1c(SCC(=O)Nc2cccc(Cl)c2Cl)nnc1C1CC1. The molecule has 0 spiro atoms. The lowest BCUT2D eigenvalue weighted by atomic mass is 10.3. The van der Waals surface area contributed by atoms with Crippen LogP contribution < -0.4 is 11.2 Å². The molecule has 6 nitrogen and oxygen atoms in total. The molecule has 0 bridgehead atoms. The molecule has 1 aliphatic carbocycles. The Morgan fingerprint density at radius 1 is 1.41 bits per heavy atom. The summed E-state index contributed by atoms with van der Waals surface area (Å²) in [7, 11) is 0. The number of carbonyl (C=O) groups excluding carboxylic acids is 1. The first-order valence-corrected chi connectivity index (χ1v) is 8.37. The number of rotatable bonds is 5. The third-order valence-corrected chi connectivity index (χ3v) is 4.95.